The fourth-order valence-electron chi connectivity index (χ4n) is 3.81. The first kappa shape index (κ1) is 24.2. The van der Waals surface area contributed by atoms with E-state index < -0.39 is 0 Å². The zero-order chi connectivity index (χ0) is 24.8. The lowest BCUT2D eigenvalue weighted by molar-refractivity contribution is -0.117. The summed E-state index contributed by atoms with van der Waals surface area (Å²) in [7, 11) is 2.07. The van der Waals surface area contributed by atoms with Crippen LogP contribution in [0, 0.1) is 11.3 Å². The molecule has 1 fully saturated rings. The molecule has 2 N–H and O–H groups in total. The zero-order valence-corrected chi connectivity index (χ0v) is 20.0. The summed E-state index contributed by atoms with van der Waals surface area (Å²) in [5, 5.41) is 19.9. The van der Waals surface area contributed by atoms with Gasteiger partial charge in [0.15, 0.2) is 0 Å². The molecule has 3 aromatic heterocycles. The third-order valence-corrected chi connectivity index (χ3v) is 5.66. The predicted molar refractivity (Wildman–Crippen MR) is 132 cm³/mol. The van der Waals surface area contributed by atoms with Gasteiger partial charge in [-0.1, -0.05) is 6.58 Å². The van der Waals surface area contributed by atoms with E-state index in [1.165, 1.54) is 0 Å². The summed E-state index contributed by atoms with van der Waals surface area (Å²) in [6.45, 7) is 9.10. The van der Waals surface area contributed by atoms with Crippen LogP contribution >= 0.6 is 0 Å². The van der Waals surface area contributed by atoms with Gasteiger partial charge in [-0.25, -0.2) is 9.50 Å². The second kappa shape index (κ2) is 11.0. The molecule has 35 heavy (non-hydrogen) atoms. The number of likely N-dealkylation sites (N-methyl/N-ethyl adjacent to an activating group) is 1. The molecule has 0 aliphatic carbocycles. The van der Waals surface area contributed by atoms with E-state index in [2.05, 4.69) is 45.3 Å². The van der Waals surface area contributed by atoms with Gasteiger partial charge in [-0.05, 0) is 32.2 Å². The number of nitriles is 1. The number of fused-ring (bicyclic) bond motifs is 1. The minimum atomic E-state index is -0.169. The predicted octanol–water partition coefficient (Wildman–Crippen LogP) is 2.08. The van der Waals surface area contributed by atoms with Gasteiger partial charge in [0, 0.05) is 49.1 Å². The number of aromatic nitrogens is 3. The molecule has 3 aromatic rings. The molecular weight excluding hydrogens is 446 g/mol. The average molecular weight is 476 g/mol. The molecule has 0 radical (unpaired) electrons. The third-order valence-electron chi connectivity index (χ3n) is 5.66. The van der Waals surface area contributed by atoms with Crippen molar-refractivity contribution in [3.8, 4) is 22.9 Å². The van der Waals surface area contributed by atoms with Gasteiger partial charge in [0.1, 0.15) is 30.3 Å². The van der Waals surface area contributed by atoms with Crippen molar-refractivity contribution in [2.24, 2.45) is 0 Å². The van der Waals surface area contributed by atoms with E-state index in [9.17, 15) is 10.1 Å². The Morgan fingerprint density at radius 1 is 1.37 bits per heavy atom. The highest BCUT2D eigenvalue weighted by Gasteiger charge is 2.19. The largest absolute Gasteiger partial charge is 0.489 e. The molecule has 1 saturated heterocycles. The highest BCUT2D eigenvalue weighted by atomic mass is 16.5. The van der Waals surface area contributed by atoms with Gasteiger partial charge >= 0.3 is 0 Å². The lowest BCUT2D eigenvalue weighted by Gasteiger charge is -2.29. The van der Waals surface area contributed by atoms with Crippen molar-refractivity contribution in [3.05, 3.63) is 54.5 Å². The molecule has 0 spiro atoms. The number of morpholine rings is 1. The molecule has 0 bridgehead atoms. The van der Waals surface area contributed by atoms with Crippen molar-refractivity contribution in [3.63, 3.8) is 0 Å². The maximum Gasteiger partial charge on any atom is 0.246 e. The van der Waals surface area contributed by atoms with E-state index in [1.807, 2.05) is 18.2 Å². The SMILES string of the molecule is C=C(C)C(=O)NCCNc1ccc(-c2cc(OCC3CN(C)CCO3)cn3ncc(C#N)c23)cn1. The van der Waals surface area contributed by atoms with Crippen molar-refractivity contribution in [2.75, 3.05) is 51.8 Å². The molecule has 0 saturated carbocycles. The number of pyridine rings is 2. The quantitative estimate of drug-likeness (QED) is 0.357. The first-order chi connectivity index (χ1) is 16.9. The van der Waals surface area contributed by atoms with Crippen LogP contribution in [0.25, 0.3) is 16.6 Å². The van der Waals surface area contributed by atoms with Crippen LogP contribution in [-0.4, -0.2) is 77.9 Å². The fraction of sp³-hybridized carbons (Fsp3) is 0.360. The minimum absolute atomic E-state index is 0.00705. The fourth-order valence-corrected chi connectivity index (χ4v) is 3.81. The van der Waals surface area contributed by atoms with Crippen LogP contribution in [0.2, 0.25) is 0 Å². The van der Waals surface area contributed by atoms with Crippen LogP contribution in [0.1, 0.15) is 12.5 Å². The van der Waals surface area contributed by atoms with Crippen molar-refractivity contribution in [1.82, 2.24) is 24.8 Å². The standard InChI is InChI=1S/C25H29N7O3/c1-17(2)25(33)28-7-6-27-23-5-4-18(12-29-23)22-10-20(15-32-24(22)19(11-26)13-30-32)35-16-21-14-31(3)8-9-34-21/h4-5,10,12-13,15,21H,1,6-9,14,16H2,2-3H3,(H,27,29)(H,28,33). The van der Waals surface area contributed by atoms with Gasteiger partial charge in [0.2, 0.25) is 5.91 Å². The number of hydrogen-bond acceptors (Lipinski definition) is 8. The van der Waals surface area contributed by atoms with E-state index in [0.29, 0.717) is 54.5 Å². The molecule has 4 rings (SSSR count). The lowest BCUT2D eigenvalue weighted by atomic mass is 10.1. The molecule has 0 aromatic carbocycles. The number of amides is 1. The summed E-state index contributed by atoms with van der Waals surface area (Å²) in [6.07, 6.45) is 5.05. The van der Waals surface area contributed by atoms with E-state index in [0.717, 1.165) is 24.2 Å². The summed E-state index contributed by atoms with van der Waals surface area (Å²) in [6, 6.07) is 7.89. The Kier molecular flexibility index (Phi) is 7.60. The molecule has 1 aliphatic rings. The maximum atomic E-state index is 11.6. The van der Waals surface area contributed by atoms with E-state index in [1.54, 1.807) is 30.0 Å². The van der Waals surface area contributed by atoms with Crippen LogP contribution in [0.5, 0.6) is 5.75 Å². The van der Waals surface area contributed by atoms with Crippen molar-refractivity contribution < 1.29 is 14.3 Å². The normalized spacial score (nSPS) is 16.0. The average Bonchev–Trinajstić information content (AvgIpc) is 3.28. The maximum absolute atomic E-state index is 11.6. The van der Waals surface area contributed by atoms with E-state index in [4.69, 9.17) is 9.47 Å². The Bertz CT molecular complexity index is 1250. The Labute approximate surface area is 204 Å². The Morgan fingerprint density at radius 3 is 2.94 bits per heavy atom. The smallest absolute Gasteiger partial charge is 0.246 e. The number of hydrogen-bond donors (Lipinski definition) is 2. The summed E-state index contributed by atoms with van der Waals surface area (Å²) in [4.78, 5) is 18.3. The number of nitrogens with zero attached hydrogens (tertiary/aromatic N) is 5. The van der Waals surface area contributed by atoms with Gasteiger partial charge < -0.3 is 25.0 Å². The van der Waals surface area contributed by atoms with Gasteiger partial charge in [-0.15, -0.1) is 0 Å². The highest BCUT2D eigenvalue weighted by Crippen LogP contribution is 2.31. The van der Waals surface area contributed by atoms with Crippen LogP contribution in [0.15, 0.2) is 48.9 Å². The van der Waals surface area contributed by atoms with E-state index >= 15 is 0 Å². The first-order valence-electron chi connectivity index (χ1n) is 11.4. The van der Waals surface area contributed by atoms with Crippen molar-refractivity contribution >= 4 is 17.2 Å². The summed E-state index contributed by atoms with van der Waals surface area (Å²) in [5.41, 5.74) is 3.26. The molecule has 4 heterocycles. The Hall–Kier alpha value is -3.94. The van der Waals surface area contributed by atoms with Crippen molar-refractivity contribution in [1.29, 1.82) is 5.26 Å². The molecule has 182 valence electrons. The number of carbonyl (C=O) groups excluding carboxylic acids is 1. The lowest BCUT2D eigenvalue weighted by Crippen LogP contribution is -2.42. The molecular formula is C25H29N7O3. The summed E-state index contributed by atoms with van der Waals surface area (Å²) in [5.74, 6) is 1.14. The molecule has 10 heteroatoms. The zero-order valence-electron chi connectivity index (χ0n) is 20.0. The number of ether oxygens (including phenoxy) is 2. The second-order valence-corrected chi connectivity index (χ2v) is 8.51. The number of anilines is 1. The molecule has 1 aliphatic heterocycles. The van der Waals surface area contributed by atoms with Crippen LogP contribution in [0.4, 0.5) is 5.82 Å². The van der Waals surface area contributed by atoms with E-state index in [-0.39, 0.29) is 12.0 Å². The molecule has 1 amide bonds. The van der Waals surface area contributed by atoms with Crippen LogP contribution < -0.4 is 15.4 Å². The van der Waals surface area contributed by atoms with Crippen molar-refractivity contribution in [2.45, 2.75) is 13.0 Å². The number of nitrogens with one attached hydrogen (secondary N) is 2. The minimum Gasteiger partial charge on any atom is -0.489 e. The topological polar surface area (TPSA) is 117 Å². The van der Waals surface area contributed by atoms with Crippen LogP contribution in [0.3, 0.4) is 0 Å². The number of carbonyl (C=O) groups is 1. The Morgan fingerprint density at radius 2 is 2.23 bits per heavy atom. The molecule has 10 nitrogen and oxygen atoms in total. The summed E-state index contributed by atoms with van der Waals surface area (Å²) >= 11 is 0. The number of rotatable bonds is 9. The highest BCUT2D eigenvalue weighted by molar-refractivity contribution is 5.92. The van der Waals surface area contributed by atoms with Gasteiger partial charge in [0.25, 0.3) is 0 Å². The van der Waals surface area contributed by atoms with Gasteiger partial charge in [-0.2, -0.15) is 10.4 Å². The Balaban J connectivity index is 1.49. The van der Waals surface area contributed by atoms with Crippen LogP contribution in [-0.2, 0) is 9.53 Å². The third kappa shape index (κ3) is 5.95. The monoisotopic (exact) mass is 475 g/mol. The molecule has 1 atom stereocenters. The second-order valence-electron chi connectivity index (χ2n) is 8.51. The van der Waals surface area contributed by atoms with Gasteiger partial charge in [-0.3, -0.25) is 4.79 Å². The molecule has 1 unspecified atom stereocenters. The van der Waals surface area contributed by atoms with Gasteiger partial charge in [0.05, 0.1) is 30.1 Å². The summed E-state index contributed by atoms with van der Waals surface area (Å²) < 4.78 is 13.5. The first-order valence-corrected chi connectivity index (χ1v) is 11.4.